The summed E-state index contributed by atoms with van der Waals surface area (Å²) >= 11 is 0. The molecule has 25 heavy (non-hydrogen) atoms. The Morgan fingerprint density at radius 1 is 1.16 bits per heavy atom. The molecular weight excluding hydrogens is 348 g/mol. The molecule has 3 rings (SSSR count). The summed E-state index contributed by atoms with van der Waals surface area (Å²) in [5, 5.41) is 11.6. The highest BCUT2D eigenvalue weighted by Gasteiger charge is 2.25. The molecule has 134 valence electrons. The smallest absolute Gasteiger partial charge is 0.268 e. The minimum atomic E-state index is -3.85. The highest BCUT2D eigenvalue weighted by Crippen LogP contribution is 2.22. The zero-order valence-corrected chi connectivity index (χ0v) is 14.7. The average molecular weight is 366 g/mol. The Morgan fingerprint density at radius 2 is 1.88 bits per heavy atom. The number of sulfonamides is 1. The number of aromatic nitrogens is 3. The maximum atomic E-state index is 12.4. The molecule has 2 aromatic heterocycles. The summed E-state index contributed by atoms with van der Waals surface area (Å²) in [6, 6.07) is 3.24. The first-order chi connectivity index (χ1) is 11.9. The number of hydrogen-bond acceptors (Lipinski definition) is 8. The van der Waals surface area contributed by atoms with Crippen molar-refractivity contribution in [1.82, 2.24) is 20.3 Å². The third-order valence-corrected chi connectivity index (χ3v) is 5.51. The number of anilines is 2. The lowest BCUT2D eigenvalue weighted by molar-refractivity contribution is -0.118. The number of carbonyl (C=O) groups excluding carboxylic acids is 1. The van der Waals surface area contributed by atoms with Gasteiger partial charge in [0.2, 0.25) is 6.41 Å². The van der Waals surface area contributed by atoms with Crippen LogP contribution in [0.4, 0.5) is 11.6 Å². The van der Waals surface area contributed by atoms with Gasteiger partial charge in [-0.25, -0.2) is 8.42 Å². The zero-order valence-electron chi connectivity index (χ0n) is 13.8. The lowest BCUT2D eigenvalue weighted by Gasteiger charge is -2.32. The Kier molecular flexibility index (Phi) is 4.57. The summed E-state index contributed by atoms with van der Waals surface area (Å²) in [5.41, 5.74) is 0.280. The summed E-state index contributed by atoms with van der Waals surface area (Å²) in [7, 11) is -3.85. The second-order valence-corrected chi connectivity index (χ2v) is 7.28. The molecule has 11 heteroatoms. The average Bonchev–Trinajstić information content (AvgIpc) is 2.95. The second-order valence-electron chi connectivity index (χ2n) is 5.66. The third-order valence-electron chi connectivity index (χ3n) is 3.91. The predicted octanol–water partition coefficient (Wildman–Crippen LogP) is 0.161. The number of nitrogens with one attached hydrogen (secondary N) is 1. The lowest BCUT2D eigenvalue weighted by Crippen LogP contribution is -2.46. The molecule has 1 fully saturated rings. The first kappa shape index (κ1) is 17.1. The number of aryl methyl sites for hydroxylation is 2. The molecule has 2 aromatic rings. The van der Waals surface area contributed by atoms with Crippen LogP contribution >= 0.6 is 0 Å². The summed E-state index contributed by atoms with van der Waals surface area (Å²) in [4.78, 5) is 14.4. The highest BCUT2D eigenvalue weighted by molar-refractivity contribution is 7.92. The SMILES string of the molecule is Cc1noc(C)c1S(=O)(=O)Nc1ccc(N2CCN(C=O)CC2)nn1. The van der Waals surface area contributed by atoms with Gasteiger partial charge in [0.25, 0.3) is 10.0 Å². The van der Waals surface area contributed by atoms with E-state index in [1.807, 2.05) is 4.90 Å². The van der Waals surface area contributed by atoms with E-state index in [4.69, 9.17) is 4.52 Å². The van der Waals surface area contributed by atoms with Crippen LogP contribution in [0.15, 0.2) is 21.6 Å². The van der Waals surface area contributed by atoms with Gasteiger partial charge in [0, 0.05) is 26.2 Å². The molecule has 0 spiro atoms. The van der Waals surface area contributed by atoms with E-state index in [0.29, 0.717) is 32.0 Å². The standard InChI is InChI=1S/C14H18N6O4S/c1-10-14(11(2)24-17-10)25(22,23)18-12-3-4-13(16-15-12)20-7-5-19(9-21)6-8-20/h3-4,9H,5-8H2,1-2H3,(H,15,18). The van der Waals surface area contributed by atoms with Crippen molar-refractivity contribution in [3.63, 3.8) is 0 Å². The highest BCUT2D eigenvalue weighted by atomic mass is 32.2. The van der Waals surface area contributed by atoms with Gasteiger partial charge in [-0.3, -0.25) is 9.52 Å². The molecule has 1 N–H and O–H groups in total. The molecule has 1 saturated heterocycles. The largest absolute Gasteiger partial charge is 0.360 e. The van der Waals surface area contributed by atoms with E-state index in [9.17, 15) is 13.2 Å². The number of nitrogens with zero attached hydrogens (tertiary/aromatic N) is 5. The zero-order chi connectivity index (χ0) is 18.0. The van der Waals surface area contributed by atoms with Crippen LogP contribution in [-0.4, -0.2) is 61.3 Å². The van der Waals surface area contributed by atoms with Crippen molar-refractivity contribution < 1.29 is 17.7 Å². The van der Waals surface area contributed by atoms with Gasteiger partial charge in [0.1, 0.15) is 5.69 Å². The van der Waals surface area contributed by atoms with Crippen LogP contribution in [0.2, 0.25) is 0 Å². The van der Waals surface area contributed by atoms with Gasteiger partial charge in [-0.1, -0.05) is 5.16 Å². The van der Waals surface area contributed by atoms with Crippen molar-refractivity contribution in [2.45, 2.75) is 18.7 Å². The molecule has 0 aliphatic carbocycles. The first-order valence-electron chi connectivity index (χ1n) is 7.64. The van der Waals surface area contributed by atoms with Crippen LogP contribution in [0.5, 0.6) is 0 Å². The van der Waals surface area contributed by atoms with E-state index in [2.05, 4.69) is 20.1 Å². The number of piperazine rings is 1. The van der Waals surface area contributed by atoms with Crippen LogP contribution in [0.1, 0.15) is 11.5 Å². The molecule has 0 atom stereocenters. The van der Waals surface area contributed by atoms with Crippen molar-refractivity contribution >= 4 is 28.1 Å². The Morgan fingerprint density at radius 3 is 2.40 bits per heavy atom. The number of rotatable bonds is 5. The summed E-state index contributed by atoms with van der Waals surface area (Å²) in [6.45, 7) is 5.62. The van der Waals surface area contributed by atoms with Gasteiger partial charge in [-0.2, -0.15) is 0 Å². The Labute approximate surface area is 144 Å². The fraction of sp³-hybridized carbons (Fsp3) is 0.429. The lowest BCUT2D eigenvalue weighted by atomic mass is 10.3. The van der Waals surface area contributed by atoms with Crippen molar-refractivity contribution in [3.8, 4) is 0 Å². The monoisotopic (exact) mass is 366 g/mol. The van der Waals surface area contributed by atoms with E-state index in [0.717, 1.165) is 6.41 Å². The second kappa shape index (κ2) is 6.67. The maximum Gasteiger partial charge on any atom is 0.268 e. The normalized spacial score (nSPS) is 15.3. The maximum absolute atomic E-state index is 12.4. The van der Waals surface area contributed by atoms with Crippen LogP contribution < -0.4 is 9.62 Å². The quantitative estimate of drug-likeness (QED) is 0.743. The van der Waals surface area contributed by atoms with Crippen molar-refractivity contribution in [3.05, 3.63) is 23.6 Å². The summed E-state index contributed by atoms with van der Waals surface area (Å²) < 4.78 is 32.1. The van der Waals surface area contributed by atoms with Crippen molar-refractivity contribution in [2.75, 3.05) is 35.8 Å². The molecule has 0 radical (unpaired) electrons. The van der Waals surface area contributed by atoms with Gasteiger partial charge in [0.05, 0.1) is 0 Å². The van der Waals surface area contributed by atoms with Crippen molar-refractivity contribution in [2.24, 2.45) is 0 Å². The number of hydrogen-bond donors (Lipinski definition) is 1. The van der Waals surface area contributed by atoms with E-state index >= 15 is 0 Å². The fourth-order valence-corrected chi connectivity index (χ4v) is 3.98. The van der Waals surface area contributed by atoms with Gasteiger partial charge in [0.15, 0.2) is 22.3 Å². The Bertz CT molecular complexity index is 836. The molecule has 0 bridgehead atoms. The predicted molar refractivity (Wildman–Crippen MR) is 88.7 cm³/mol. The van der Waals surface area contributed by atoms with Crippen LogP contribution in [0.3, 0.4) is 0 Å². The summed E-state index contributed by atoms with van der Waals surface area (Å²) in [6.07, 6.45) is 0.829. The molecule has 0 saturated carbocycles. The van der Waals surface area contributed by atoms with E-state index in [1.165, 1.54) is 6.92 Å². The van der Waals surface area contributed by atoms with Gasteiger partial charge < -0.3 is 14.3 Å². The summed E-state index contributed by atoms with van der Waals surface area (Å²) in [5.74, 6) is 0.948. The molecule has 1 aliphatic rings. The Hall–Kier alpha value is -2.69. The van der Waals surface area contributed by atoms with E-state index in [-0.39, 0.29) is 22.2 Å². The van der Waals surface area contributed by atoms with Gasteiger partial charge in [-0.15, -0.1) is 10.2 Å². The Balaban J connectivity index is 1.72. The minimum absolute atomic E-state index is 0.00311. The fourth-order valence-electron chi connectivity index (χ4n) is 2.65. The van der Waals surface area contributed by atoms with Crippen molar-refractivity contribution in [1.29, 1.82) is 0 Å². The van der Waals surface area contributed by atoms with Crippen LogP contribution in [-0.2, 0) is 14.8 Å². The molecule has 0 unspecified atom stereocenters. The molecule has 3 heterocycles. The topological polar surface area (TPSA) is 122 Å². The third kappa shape index (κ3) is 3.55. The molecule has 1 aliphatic heterocycles. The van der Waals surface area contributed by atoms with Gasteiger partial charge >= 0.3 is 0 Å². The van der Waals surface area contributed by atoms with E-state index in [1.54, 1.807) is 24.0 Å². The van der Waals surface area contributed by atoms with E-state index < -0.39 is 10.0 Å². The first-order valence-corrected chi connectivity index (χ1v) is 9.13. The number of amides is 1. The molecule has 10 nitrogen and oxygen atoms in total. The minimum Gasteiger partial charge on any atom is -0.360 e. The molecule has 0 aromatic carbocycles. The van der Waals surface area contributed by atoms with Crippen LogP contribution in [0.25, 0.3) is 0 Å². The van der Waals surface area contributed by atoms with Crippen LogP contribution in [0, 0.1) is 13.8 Å². The molecule has 1 amide bonds. The molecular formula is C14H18N6O4S. The number of carbonyl (C=O) groups is 1. The van der Waals surface area contributed by atoms with Gasteiger partial charge in [-0.05, 0) is 26.0 Å².